The summed E-state index contributed by atoms with van der Waals surface area (Å²) in [7, 11) is 0. The van der Waals surface area contributed by atoms with Crippen LogP contribution >= 0.6 is 12.2 Å². The van der Waals surface area contributed by atoms with Gasteiger partial charge in [-0.05, 0) is 207 Å². The number of nitrogens with zero attached hydrogens (tertiary/aromatic N) is 3. The molecule has 14 aromatic rings. The zero-order valence-electron chi connectivity index (χ0n) is 49.4. The summed E-state index contributed by atoms with van der Waals surface area (Å²) in [5.74, 6) is 0. The van der Waals surface area contributed by atoms with E-state index in [4.69, 9.17) is 12.2 Å². The fraction of sp³-hybridized carbons (Fsp3) is 0.120. The Bertz CT molecular complexity index is 5390. The number of benzene rings is 13. The minimum Gasteiger partial charge on any atom is -0.341 e. The van der Waals surface area contributed by atoms with E-state index in [2.05, 4.69) is 303 Å². The SMILES string of the molecule is CC1(C)c2cccc3c2-n2c4c1cc(-c1ccc5cc(N(CCc6ccccc6C=S)c6ccc7ccccc7c6)ccc5c1)cc4c1cc(-c4ccc5cc(N(c6ccc7ccccc7c6)C6C=c7ccccc7=CC6)ccc5c4)cc(c12)C3(C)C. The van der Waals surface area contributed by atoms with Gasteiger partial charge in [0, 0.05) is 56.3 Å². The number of rotatable bonds is 11. The molecule has 0 radical (unpaired) electrons. The molecule has 4 heteroatoms. The van der Waals surface area contributed by atoms with Crippen LogP contribution in [0.1, 0.15) is 67.5 Å². The second kappa shape index (κ2) is 19.6. The molecule has 1 aromatic heterocycles. The van der Waals surface area contributed by atoms with E-state index in [-0.39, 0.29) is 16.9 Å². The first-order chi connectivity index (χ1) is 42.5. The Morgan fingerprint density at radius 2 is 0.885 bits per heavy atom. The van der Waals surface area contributed by atoms with E-state index in [0.717, 1.165) is 24.9 Å². The van der Waals surface area contributed by atoms with Gasteiger partial charge in [-0.25, -0.2) is 0 Å². The molecule has 3 aliphatic rings. The summed E-state index contributed by atoms with van der Waals surface area (Å²) in [5, 5.41) is 16.9. The van der Waals surface area contributed by atoms with Gasteiger partial charge < -0.3 is 14.4 Å². The predicted molar refractivity (Wildman–Crippen MR) is 374 cm³/mol. The Morgan fingerprint density at radius 1 is 0.425 bits per heavy atom. The molecule has 1 unspecified atom stereocenters. The van der Waals surface area contributed by atoms with Crippen LogP contribution in [0, 0.1) is 0 Å². The largest absolute Gasteiger partial charge is 0.341 e. The van der Waals surface area contributed by atoms with Crippen LogP contribution in [0.2, 0.25) is 0 Å². The lowest BCUT2D eigenvalue weighted by Crippen LogP contribution is -2.37. The highest BCUT2D eigenvalue weighted by Gasteiger charge is 2.44. The highest BCUT2D eigenvalue weighted by Crippen LogP contribution is 2.57. The maximum Gasteiger partial charge on any atom is 0.0582 e. The van der Waals surface area contributed by atoms with Crippen LogP contribution in [-0.2, 0) is 17.3 Å². The van der Waals surface area contributed by atoms with E-state index < -0.39 is 0 Å². The van der Waals surface area contributed by atoms with E-state index in [1.165, 1.54) is 154 Å². The van der Waals surface area contributed by atoms with Gasteiger partial charge in [0.25, 0.3) is 0 Å². The van der Waals surface area contributed by atoms with Crippen LogP contribution in [0.25, 0.3) is 105 Å². The topological polar surface area (TPSA) is 11.4 Å². The second-order valence-corrected chi connectivity index (χ2v) is 25.8. The molecule has 0 spiro atoms. The first kappa shape index (κ1) is 51.5. The van der Waals surface area contributed by atoms with Gasteiger partial charge in [0.15, 0.2) is 0 Å². The van der Waals surface area contributed by atoms with Crippen molar-refractivity contribution in [2.24, 2.45) is 0 Å². The van der Waals surface area contributed by atoms with Crippen molar-refractivity contribution in [1.82, 2.24) is 4.57 Å². The van der Waals surface area contributed by atoms with Crippen LogP contribution in [0.5, 0.6) is 0 Å². The van der Waals surface area contributed by atoms with Crippen LogP contribution in [-0.4, -0.2) is 22.5 Å². The Kier molecular flexibility index (Phi) is 11.6. The van der Waals surface area contributed by atoms with Gasteiger partial charge >= 0.3 is 0 Å². The Labute approximate surface area is 513 Å². The molecule has 3 heterocycles. The molecule has 1 aliphatic carbocycles. The van der Waals surface area contributed by atoms with Gasteiger partial charge in [0.05, 0.1) is 22.8 Å². The number of fused-ring (bicyclic) bond motifs is 6. The summed E-state index contributed by atoms with van der Waals surface area (Å²) >= 11 is 5.47. The Morgan fingerprint density at radius 3 is 1.46 bits per heavy atom. The summed E-state index contributed by atoms with van der Waals surface area (Å²) in [6.07, 6.45) is 6.65. The number of thiocarbonyl (C=S) groups is 1. The van der Waals surface area contributed by atoms with Crippen LogP contribution in [0.15, 0.2) is 249 Å². The summed E-state index contributed by atoms with van der Waals surface area (Å²) in [6, 6.07) is 94.0. The first-order valence-corrected chi connectivity index (χ1v) is 31.3. The van der Waals surface area contributed by atoms with Crippen molar-refractivity contribution in [2.45, 2.75) is 57.4 Å². The number of hydrogen-bond acceptors (Lipinski definition) is 3. The standard InChI is InChI=1S/C83H63N3S/c1-82(2)75-22-13-23-76-81(75)86-79-73(47-66(49-77(79)82)61-24-26-63-43-69(34-31-59(63)40-61)84(39-38-55-17-8-12-21-65(55)51-87)68-33-28-52-14-5-9-18-56(52)42-68)74-48-67(50-78(80(74)86)83(76,3)4)62-25-27-64-46-72(37-32-60(64)41-62)85(70-35-29-53-15-6-10-19-57(53)44-70)71-36-30-54-16-7-11-20-58(54)45-71/h5-35,37,40-51,71H,36,38-39H2,1-4H3. The smallest absolute Gasteiger partial charge is 0.0582 e. The molecule has 0 amide bonds. The average molecular weight is 1130 g/mol. The van der Waals surface area contributed by atoms with Gasteiger partial charge in [0.2, 0.25) is 0 Å². The van der Waals surface area contributed by atoms with Crippen LogP contribution < -0.4 is 20.2 Å². The molecule has 416 valence electrons. The molecule has 0 fully saturated rings. The number of para-hydroxylation sites is 1. The van der Waals surface area contributed by atoms with E-state index in [1.54, 1.807) is 0 Å². The molecule has 13 aromatic carbocycles. The Hall–Kier alpha value is -9.87. The quantitative estimate of drug-likeness (QED) is 0.120. The Balaban J connectivity index is 0.781. The molecule has 0 saturated carbocycles. The minimum atomic E-state index is -0.249. The van der Waals surface area contributed by atoms with Gasteiger partial charge in [-0.15, -0.1) is 0 Å². The molecule has 3 nitrogen and oxygen atoms in total. The zero-order chi connectivity index (χ0) is 58.3. The van der Waals surface area contributed by atoms with Gasteiger partial charge in [-0.2, -0.15) is 0 Å². The van der Waals surface area contributed by atoms with Crippen molar-refractivity contribution >= 4 is 117 Å². The first-order valence-electron chi connectivity index (χ1n) is 30.8. The van der Waals surface area contributed by atoms with Crippen LogP contribution in [0.4, 0.5) is 22.7 Å². The molecule has 0 bridgehead atoms. The van der Waals surface area contributed by atoms with E-state index in [0.29, 0.717) is 0 Å². The monoisotopic (exact) mass is 1130 g/mol. The van der Waals surface area contributed by atoms with Gasteiger partial charge in [0.1, 0.15) is 0 Å². The van der Waals surface area contributed by atoms with Crippen molar-refractivity contribution in [3.63, 3.8) is 0 Å². The third kappa shape index (κ3) is 8.18. The molecule has 0 saturated heterocycles. The van der Waals surface area contributed by atoms with Crippen molar-refractivity contribution in [3.8, 4) is 27.9 Å². The summed E-state index contributed by atoms with van der Waals surface area (Å²) < 4.78 is 2.66. The molecule has 2 aliphatic heterocycles. The lowest BCUT2D eigenvalue weighted by molar-refractivity contribution is 0.594. The molecular weight excluding hydrogens is 1070 g/mol. The van der Waals surface area contributed by atoms with E-state index in [9.17, 15) is 0 Å². The zero-order valence-corrected chi connectivity index (χ0v) is 50.2. The highest BCUT2D eigenvalue weighted by molar-refractivity contribution is 7.79. The van der Waals surface area contributed by atoms with Gasteiger partial charge in [-0.1, -0.05) is 216 Å². The lowest BCUT2D eigenvalue weighted by atomic mass is 9.68. The van der Waals surface area contributed by atoms with Crippen molar-refractivity contribution < 1.29 is 0 Å². The highest BCUT2D eigenvalue weighted by atomic mass is 32.1. The third-order valence-corrected chi connectivity index (χ3v) is 20.2. The van der Waals surface area contributed by atoms with Crippen molar-refractivity contribution in [3.05, 3.63) is 293 Å². The summed E-state index contributed by atoms with van der Waals surface area (Å²) in [5.41, 5.74) is 21.1. The summed E-state index contributed by atoms with van der Waals surface area (Å²) in [4.78, 5) is 5.02. The fourth-order valence-electron chi connectivity index (χ4n) is 15.3. The van der Waals surface area contributed by atoms with E-state index in [1.807, 2.05) is 5.37 Å². The number of aromatic nitrogens is 1. The lowest BCUT2D eigenvalue weighted by Gasteiger charge is -2.42. The second-order valence-electron chi connectivity index (χ2n) is 25.6. The molecule has 0 N–H and O–H groups in total. The summed E-state index contributed by atoms with van der Waals surface area (Å²) in [6.45, 7) is 10.6. The maximum absolute atomic E-state index is 5.47. The number of hydrogen-bond donors (Lipinski definition) is 0. The van der Waals surface area contributed by atoms with Crippen molar-refractivity contribution in [1.29, 1.82) is 0 Å². The molecular formula is C83H63N3S. The van der Waals surface area contributed by atoms with Gasteiger partial charge in [-0.3, -0.25) is 0 Å². The molecule has 87 heavy (non-hydrogen) atoms. The van der Waals surface area contributed by atoms with Crippen molar-refractivity contribution in [2.75, 3.05) is 16.3 Å². The normalized spacial score (nSPS) is 15.0. The predicted octanol–water partition coefficient (Wildman–Crippen LogP) is 19.9. The third-order valence-electron chi connectivity index (χ3n) is 19.9. The minimum absolute atomic E-state index is 0.158. The maximum atomic E-state index is 5.47. The molecule has 17 rings (SSSR count). The average Bonchev–Trinajstić information content (AvgIpc) is 1.56. The molecule has 1 atom stereocenters. The fourth-order valence-corrected chi connectivity index (χ4v) is 15.5. The van der Waals surface area contributed by atoms with Crippen LogP contribution in [0.3, 0.4) is 0 Å². The number of anilines is 4. The van der Waals surface area contributed by atoms with E-state index >= 15 is 0 Å².